The van der Waals surface area contributed by atoms with E-state index in [9.17, 15) is 14.0 Å². The van der Waals surface area contributed by atoms with Crippen molar-refractivity contribution in [1.29, 1.82) is 0 Å². The van der Waals surface area contributed by atoms with E-state index in [1.54, 1.807) is 17.0 Å². The number of amides is 2. The molecule has 2 aromatic carbocycles. The largest absolute Gasteiger partial charge is 0.355 e. The number of hydrogen-bond acceptors (Lipinski definition) is 2. The predicted octanol–water partition coefficient (Wildman–Crippen LogP) is 3.41. The van der Waals surface area contributed by atoms with Crippen LogP contribution < -0.4 is 10.2 Å². The molecule has 0 aromatic heterocycles. The second-order valence-electron chi connectivity index (χ2n) is 7.01. The Morgan fingerprint density at radius 3 is 2.67 bits per heavy atom. The Kier molecular flexibility index (Phi) is 5.89. The highest BCUT2D eigenvalue weighted by Crippen LogP contribution is 2.31. The molecule has 1 heterocycles. The van der Waals surface area contributed by atoms with Crippen molar-refractivity contribution >= 4 is 17.5 Å². The summed E-state index contributed by atoms with van der Waals surface area (Å²) in [4.78, 5) is 26.8. The summed E-state index contributed by atoms with van der Waals surface area (Å²) in [6.45, 7) is 4.95. The molecule has 2 amide bonds. The fourth-order valence-electron chi connectivity index (χ4n) is 3.62. The van der Waals surface area contributed by atoms with Gasteiger partial charge >= 0.3 is 0 Å². The van der Waals surface area contributed by atoms with Crippen molar-refractivity contribution in [3.63, 3.8) is 0 Å². The molecule has 0 spiro atoms. The molecule has 1 atom stereocenters. The molecule has 2 aromatic rings. The zero-order valence-electron chi connectivity index (χ0n) is 15.8. The summed E-state index contributed by atoms with van der Waals surface area (Å²) in [6, 6.07) is 12.3. The summed E-state index contributed by atoms with van der Waals surface area (Å²) < 4.78 is 12.9. The van der Waals surface area contributed by atoms with Gasteiger partial charge in [-0.2, -0.15) is 0 Å². The first-order chi connectivity index (χ1) is 13.0. The Balaban J connectivity index is 1.60. The quantitative estimate of drug-likeness (QED) is 0.849. The Morgan fingerprint density at radius 2 is 1.96 bits per heavy atom. The molecule has 1 aliphatic heterocycles. The van der Waals surface area contributed by atoms with Crippen LogP contribution >= 0.6 is 0 Å². The lowest BCUT2D eigenvalue weighted by molar-refractivity contribution is -0.126. The molecule has 1 unspecified atom stereocenters. The van der Waals surface area contributed by atoms with Crippen LogP contribution in [0.5, 0.6) is 0 Å². The smallest absolute Gasteiger partial charge is 0.227 e. The van der Waals surface area contributed by atoms with E-state index in [2.05, 4.69) is 12.2 Å². The van der Waals surface area contributed by atoms with Crippen LogP contribution in [-0.2, 0) is 22.4 Å². The van der Waals surface area contributed by atoms with Crippen LogP contribution in [0.2, 0.25) is 0 Å². The maximum atomic E-state index is 12.9. The van der Waals surface area contributed by atoms with Crippen molar-refractivity contribution in [2.45, 2.75) is 33.1 Å². The highest BCUT2D eigenvalue weighted by atomic mass is 19.1. The van der Waals surface area contributed by atoms with Crippen molar-refractivity contribution in [2.75, 3.05) is 18.0 Å². The lowest BCUT2D eigenvalue weighted by atomic mass is 10.0. The van der Waals surface area contributed by atoms with E-state index >= 15 is 0 Å². The molecular weight excluding hydrogens is 343 g/mol. The maximum Gasteiger partial charge on any atom is 0.227 e. The minimum Gasteiger partial charge on any atom is -0.355 e. The SMILES string of the molecule is CCc1cccc(C)c1N1CC(C(=O)NCCc2ccc(F)cc2)CC1=O. The van der Waals surface area contributed by atoms with Crippen LogP contribution in [0, 0.1) is 18.7 Å². The fourth-order valence-corrected chi connectivity index (χ4v) is 3.62. The van der Waals surface area contributed by atoms with Gasteiger partial charge in [0.05, 0.1) is 5.92 Å². The summed E-state index contributed by atoms with van der Waals surface area (Å²) in [7, 11) is 0. The van der Waals surface area contributed by atoms with Gasteiger partial charge in [0, 0.05) is 25.2 Å². The second-order valence-corrected chi connectivity index (χ2v) is 7.01. The van der Waals surface area contributed by atoms with Gasteiger partial charge in [-0.05, 0) is 48.6 Å². The standard InChI is InChI=1S/C22H25FN2O2/c1-3-17-6-4-5-15(2)21(17)25-14-18(13-20(25)26)22(27)24-12-11-16-7-9-19(23)10-8-16/h4-10,18H,3,11-14H2,1-2H3,(H,24,27). The molecule has 142 valence electrons. The third kappa shape index (κ3) is 4.35. The topological polar surface area (TPSA) is 49.4 Å². The molecule has 1 saturated heterocycles. The minimum atomic E-state index is -0.338. The number of halogens is 1. The number of rotatable bonds is 6. The lowest BCUT2D eigenvalue weighted by Gasteiger charge is -2.22. The van der Waals surface area contributed by atoms with Crippen molar-refractivity contribution < 1.29 is 14.0 Å². The summed E-state index contributed by atoms with van der Waals surface area (Å²) >= 11 is 0. The van der Waals surface area contributed by atoms with Crippen LogP contribution in [0.15, 0.2) is 42.5 Å². The fraction of sp³-hybridized carbons (Fsp3) is 0.364. The Bertz CT molecular complexity index is 833. The normalized spacial score (nSPS) is 16.6. The van der Waals surface area contributed by atoms with E-state index in [4.69, 9.17) is 0 Å². The van der Waals surface area contributed by atoms with E-state index in [1.807, 2.05) is 25.1 Å². The third-order valence-corrected chi connectivity index (χ3v) is 5.09. The average molecular weight is 368 g/mol. The molecule has 0 aliphatic carbocycles. The maximum absolute atomic E-state index is 12.9. The van der Waals surface area contributed by atoms with E-state index in [0.29, 0.717) is 19.5 Å². The average Bonchev–Trinajstić information content (AvgIpc) is 3.04. The molecular formula is C22H25FN2O2. The molecule has 5 heteroatoms. The van der Waals surface area contributed by atoms with Crippen molar-refractivity contribution in [1.82, 2.24) is 5.32 Å². The molecule has 0 bridgehead atoms. The Morgan fingerprint density at radius 1 is 1.22 bits per heavy atom. The minimum absolute atomic E-state index is 0.00214. The van der Waals surface area contributed by atoms with Crippen LogP contribution in [-0.4, -0.2) is 24.9 Å². The number of nitrogens with one attached hydrogen (secondary N) is 1. The zero-order valence-corrected chi connectivity index (χ0v) is 15.8. The zero-order chi connectivity index (χ0) is 19.4. The summed E-state index contributed by atoms with van der Waals surface area (Å²) in [5, 5.41) is 2.91. The van der Waals surface area contributed by atoms with E-state index in [-0.39, 0.29) is 30.0 Å². The Hall–Kier alpha value is -2.69. The first kappa shape index (κ1) is 19.1. The van der Waals surface area contributed by atoms with Gasteiger partial charge in [-0.1, -0.05) is 37.3 Å². The molecule has 0 saturated carbocycles. The summed E-state index contributed by atoms with van der Waals surface area (Å²) in [6.07, 6.45) is 1.71. The molecule has 1 aliphatic rings. The highest BCUT2D eigenvalue weighted by Gasteiger charge is 2.36. The van der Waals surface area contributed by atoms with E-state index in [0.717, 1.165) is 28.8 Å². The van der Waals surface area contributed by atoms with Crippen molar-refractivity contribution in [3.05, 3.63) is 65.0 Å². The monoisotopic (exact) mass is 368 g/mol. The number of benzene rings is 2. The van der Waals surface area contributed by atoms with E-state index < -0.39 is 0 Å². The van der Waals surface area contributed by atoms with Gasteiger partial charge in [0.25, 0.3) is 0 Å². The van der Waals surface area contributed by atoms with Gasteiger partial charge < -0.3 is 10.2 Å². The number of anilines is 1. The first-order valence-corrected chi connectivity index (χ1v) is 9.40. The van der Waals surface area contributed by atoms with Crippen LogP contribution in [0.3, 0.4) is 0 Å². The molecule has 4 nitrogen and oxygen atoms in total. The van der Waals surface area contributed by atoms with Gasteiger partial charge in [-0.15, -0.1) is 0 Å². The lowest BCUT2D eigenvalue weighted by Crippen LogP contribution is -2.34. The Labute approximate surface area is 159 Å². The van der Waals surface area contributed by atoms with Gasteiger partial charge in [-0.25, -0.2) is 4.39 Å². The number of para-hydroxylation sites is 1. The number of carbonyl (C=O) groups is 2. The number of nitrogens with zero attached hydrogens (tertiary/aromatic N) is 1. The molecule has 0 radical (unpaired) electrons. The molecule has 1 N–H and O–H groups in total. The molecule has 3 rings (SSSR count). The van der Waals surface area contributed by atoms with Crippen LogP contribution in [0.1, 0.15) is 30.0 Å². The number of carbonyl (C=O) groups excluding carboxylic acids is 2. The van der Waals surface area contributed by atoms with Gasteiger partial charge in [0.1, 0.15) is 5.82 Å². The molecule has 27 heavy (non-hydrogen) atoms. The second kappa shape index (κ2) is 8.33. The molecule has 1 fully saturated rings. The van der Waals surface area contributed by atoms with Crippen LogP contribution in [0.25, 0.3) is 0 Å². The van der Waals surface area contributed by atoms with Gasteiger partial charge in [0.15, 0.2) is 0 Å². The summed E-state index contributed by atoms with van der Waals surface area (Å²) in [5.74, 6) is -0.706. The number of hydrogen-bond donors (Lipinski definition) is 1. The highest BCUT2D eigenvalue weighted by molar-refractivity contribution is 6.01. The van der Waals surface area contributed by atoms with Crippen LogP contribution in [0.4, 0.5) is 10.1 Å². The first-order valence-electron chi connectivity index (χ1n) is 9.40. The van der Waals surface area contributed by atoms with Gasteiger partial charge in [-0.3, -0.25) is 9.59 Å². The van der Waals surface area contributed by atoms with E-state index in [1.165, 1.54) is 12.1 Å². The third-order valence-electron chi connectivity index (χ3n) is 5.09. The number of aryl methyl sites for hydroxylation is 2. The van der Waals surface area contributed by atoms with Crippen molar-refractivity contribution in [2.24, 2.45) is 5.92 Å². The predicted molar refractivity (Wildman–Crippen MR) is 104 cm³/mol. The van der Waals surface area contributed by atoms with Gasteiger partial charge in [0.2, 0.25) is 11.8 Å². The van der Waals surface area contributed by atoms with Crippen molar-refractivity contribution in [3.8, 4) is 0 Å². The summed E-state index contributed by atoms with van der Waals surface area (Å²) in [5.41, 5.74) is 4.10.